The summed E-state index contributed by atoms with van der Waals surface area (Å²) >= 11 is 0. The van der Waals surface area contributed by atoms with E-state index in [0.29, 0.717) is 0 Å². The number of piperidine rings is 1. The van der Waals surface area contributed by atoms with Crippen LogP contribution in [-0.2, 0) is 0 Å². The quantitative estimate of drug-likeness (QED) is 0.472. The first-order chi connectivity index (χ1) is 9.85. The van der Waals surface area contributed by atoms with Gasteiger partial charge >= 0.3 is 0 Å². The molecular weight excluding hydrogens is 242 g/mol. The molecule has 1 aliphatic carbocycles. The van der Waals surface area contributed by atoms with E-state index in [9.17, 15) is 0 Å². The minimum Gasteiger partial charge on any atom is -0.311 e. The van der Waals surface area contributed by atoms with Gasteiger partial charge in [-0.15, -0.1) is 13.2 Å². The Labute approximate surface area is 125 Å². The topological polar surface area (TPSA) is 12.0 Å². The maximum absolute atomic E-state index is 3.98. The van der Waals surface area contributed by atoms with Crippen LogP contribution >= 0.6 is 0 Å². The van der Waals surface area contributed by atoms with E-state index in [1.54, 1.807) is 0 Å². The molecule has 0 amide bonds. The molecule has 0 aromatic carbocycles. The van der Waals surface area contributed by atoms with Crippen LogP contribution in [-0.4, -0.2) is 12.1 Å². The van der Waals surface area contributed by atoms with E-state index >= 15 is 0 Å². The van der Waals surface area contributed by atoms with E-state index in [1.165, 1.54) is 70.6 Å². The van der Waals surface area contributed by atoms with Crippen LogP contribution in [0.1, 0.15) is 70.6 Å². The van der Waals surface area contributed by atoms with Crippen molar-refractivity contribution in [1.29, 1.82) is 0 Å². The Kier molecular flexibility index (Phi) is 6.86. The first-order valence-corrected chi connectivity index (χ1v) is 8.83. The van der Waals surface area contributed by atoms with Crippen molar-refractivity contribution in [3.8, 4) is 0 Å². The van der Waals surface area contributed by atoms with Gasteiger partial charge in [-0.05, 0) is 69.6 Å². The van der Waals surface area contributed by atoms with Gasteiger partial charge in [0.25, 0.3) is 0 Å². The standard InChI is InChI=1S/C19H33N/c1-3-5-7-10-16-11-9-13-19-18(16)15-14-17(20-19)12-8-6-4-2/h3-4,16-20H,1-2,5-15H2/t16-,17+,18-,19+/m0/s1. The average Bonchev–Trinajstić information content (AvgIpc) is 2.48. The van der Waals surface area contributed by atoms with Gasteiger partial charge in [0.1, 0.15) is 0 Å². The number of nitrogens with one attached hydrogen (secondary N) is 1. The third-order valence-corrected chi connectivity index (χ3v) is 5.45. The molecule has 0 aromatic heterocycles. The zero-order chi connectivity index (χ0) is 14.2. The first kappa shape index (κ1) is 15.8. The Morgan fingerprint density at radius 2 is 1.65 bits per heavy atom. The van der Waals surface area contributed by atoms with Gasteiger partial charge in [-0.3, -0.25) is 0 Å². The highest BCUT2D eigenvalue weighted by molar-refractivity contribution is 4.93. The van der Waals surface area contributed by atoms with Crippen LogP contribution < -0.4 is 5.32 Å². The highest BCUT2D eigenvalue weighted by Gasteiger charge is 2.36. The largest absolute Gasteiger partial charge is 0.311 e. The van der Waals surface area contributed by atoms with Crippen LogP contribution in [0.5, 0.6) is 0 Å². The van der Waals surface area contributed by atoms with Gasteiger partial charge in [0.2, 0.25) is 0 Å². The van der Waals surface area contributed by atoms with Gasteiger partial charge in [0, 0.05) is 12.1 Å². The normalized spacial score (nSPS) is 33.4. The minimum absolute atomic E-state index is 0.781. The van der Waals surface area contributed by atoms with Gasteiger partial charge in [-0.2, -0.15) is 0 Å². The zero-order valence-corrected chi connectivity index (χ0v) is 13.2. The molecule has 1 heteroatoms. The van der Waals surface area contributed by atoms with Crippen LogP contribution in [0.4, 0.5) is 0 Å². The maximum Gasteiger partial charge on any atom is 0.0101 e. The summed E-state index contributed by atoms with van der Waals surface area (Å²) in [5.74, 6) is 1.94. The Morgan fingerprint density at radius 1 is 0.900 bits per heavy atom. The summed E-state index contributed by atoms with van der Waals surface area (Å²) in [6, 6.07) is 1.60. The van der Waals surface area contributed by atoms with Gasteiger partial charge < -0.3 is 5.32 Å². The molecule has 4 atom stereocenters. The number of hydrogen-bond acceptors (Lipinski definition) is 1. The summed E-state index contributed by atoms with van der Waals surface area (Å²) < 4.78 is 0. The van der Waals surface area contributed by atoms with Gasteiger partial charge in [-0.1, -0.05) is 25.0 Å². The van der Waals surface area contributed by atoms with Crippen molar-refractivity contribution in [2.45, 2.75) is 82.7 Å². The summed E-state index contributed by atoms with van der Waals surface area (Å²) in [5.41, 5.74) is 0. The molecule has 0 unspecified atom stereocenters. The lowest BCUT2D eigenvalue weighted by atomic mass is 9.69. The minimum atomic E-state index is 0.781. The van der Waals surface area contributed by atoms with Crippen molar-refractivity contribution < 1.29 is 0 Å². The van der Waals surface area contributed by atoms with Crippen molar-refractivity contribution in [3.63, 3.8) is 0 Å². The van der Waals surface area contributed by atoms with E-state index in [2.05, 4.69) is 30.6 Å². The highest BCUT2D eigenvalue weighted by Crippen LogP contribution is 2.39. The summed E-state index contributed by atoms with van der Waals surface area (Å²) in [7, 11) is 0. The lowest BCUT2D eigenvalue weighted by Gasteiger charge is -2.45. The molecule has 0 radical (unpaired) electrons. The summed E-state index contributed by atoms with van der Waals surface area (Å²) in [6.45, 7) is 7.68. The molecule has 1 heterocycles. The monoisotopic (exact) mass is 275 g/mol. The summed E-state index contributed by atoms with van der Waals surface area (Å²) in [5, 5.41) is 3.98. The van der Waals surface area contributed by atoms with Crippen LogP contribution in [0.2, 0.25) is 0 Å². The van der Waals surface area contributed by atoms with Gasteiger partial charge in [0.15, 0.2) is 0 Å². The number of rotatable bonds is 8. The second kappa shape index (κ2) is 8.67. The summed E-state index contributed by atoms with van der Waals surface area (Å²) in [6.07, 6.45) is 19.1. The molecular formula is C19H33N. The molecule has 20 heavy (non-hydrogen) atoms. The van der Waals surface area contributed by atoms with Crippen molar-refractivity contribution >= 4 is 0 Å². The smallest absolute Gasteiger partial charge is 0.0101 e. The fourth-order valence-electron chi connectivity index (χ4n) is 4.40. The SMILES string of the molecule is C=CCCC[C@@H]1CC[C@H]2[C@@H](CCCC=C)CCC[C@H]2N1. The van der Waals surface area contributed by atoms with E-state index in [-0.39, 0.29) is 0 Å². The van der Waals surface area contributed by atoms with Crippen LogP contribution in [0.15, 0.2) is 25.3 Å². The Bertz CT molecular complexity index is 296. The van der Waals surface area contributed by atoms with Crippen molar-refractivity contribution in [2.75, 3.05) is 0 Å². The van der Waals surface area contributed by atoms with Crippen LogP contribution in [0.25, 0.3) is 0 Å². The predicted molar refractivity (Wildman–Crippen MR) is 88.9 cm³/mol. The number of fused-ring (bicyclic) bond motifs is 1. The van der Waals surface area contributed by atoms with E-state index in [1.807, 2.05) is 0 Å². The average molecular weight is 275 g/mol. The Balaban J connectivity index is 1.77. The molecule has 2 rings (SSSR count). The molecule has 1 nitrogen and oxygen atoms in total. The maximum atomic E-state index is 3.98. The van der Waals surface area contributed by atoms with Crippen molar-refractivity contribution in [2.24, 2.45) is 11.8 Å². The third kappa shape index (κ3) is 4.48. The molecule has 0 aromatic rings. The highest BCUT2D eigenvalue weighted by atomic mass is 15.0. The van der Waals surface area contributed by atoms with E-state index < -0.39 is 0 Å². The molecule has 2 aliphatic rings. The molecule has 0 spiro atoms. The second-order valence-electron chi connectivity index (χ2n) is 6.84. The van der Waals surface area contributed by atoms with E-state index in [4.69, 9.17) is 0 Å². The zero-order valence-electron chi connectivity index (χ0n) is 13.2. The van der Waals surface area contributed by atoms with Crippen molar-refractivity contribution in [3.05, 3.63) is 25.3 Å². The molecule has 114 valence electrons. The molecule has 1 aliphatic heterocycles. The molecule has 1 saturated heterocycles. The number of unbranched alkanes of at least 4 members (excludes halogenated alkanes) is 2. The van der Waals surface area contributed by atoms with Crippen molar-refractivity contribution in [1.82, 2.24) is 5.32 Å². The Morgan fingerprint density at radius 3 is 2.40 bits per heavy atom. The number of allylic oxidation sites excluding steroid dienone is 2. The fourth-order valence-corrected chi connectivity index (χ4v) is 4.40. The Hall–Kier alpha value is -0.560. The summed E-state index contributed by atoms with van der Waals surface area (Å²) in [4.78, 5) is 0. The van der Waals surface area contributed by atoms with Crippen LogP contribution in [0.3, 0.4) is 0 Å². The third-order valence-electron chi connectivity index (χ3n) is 5.45. The molecule has 1 saturated carbocycles. The van der Waals surface area contributed by atoms with Crippen LogP contribution in [0, 0.1) is 11.8 Å². The number of hydrogen-bond donors (Lipinski definition) is 1. The van der Waals surface area contributed by atoms with Gasteiger partial charge in [0.05, 0.1) is 0 Å². The molecule has 2 fully saturated rings. The lowest BCUT2D eigenvalue weighted by molar-refractivity contribution is 0.105. The fraction of sp³-hybridized carbons (Fsp3) is 0.789. The predicted octanol–water partition coefficient (Wildman–Crippen LogP) is 5.24. The first-order valence-electron chi connectivity index (χ1n) is 8.83. The van der Waals surface area contributed by atoms with Gasteiger partial charge in [-0.25, -0.2) is 0 Å². The lowest BCUT2D eigenvalue weighted by Crippen LogP contribution is -2.51. The molecule has 0 bridgehead atoms. The second-order valence-corrected chi connectivity index (χ2v) is 6.84. The molecule has 1 N–H and O–H groups in total. The van der Waals surface area contributed by atoms with E-state index in [0.717, 1.165) is 23.9 Å².